The van der Waals surface area contributed by atoms with Crippen molar-refractivity contribution in [3.8, 4) is 11.5 Å². The number of benzene rings is 1. The zero-order valence-electron chi connectivity index (χ0n) is 13.0. The van der Waals surface area contributed by atoms with Crippen molar-refractivity contribution in [2.45, 2.75) is 20.4 Å². The van der Waals surface area contributed by atoms with Crippen molar-refractivity contribution in [1.82, 2.24) is 10.6 Å². The molecule has 0 atom stereocenters. The van der Waals surface area contributed by atoms with Crippen LogP contribution in [0.25, 0.3) is 0 Å². The Kier molecular flexibility index (Phi) is 6.70. The maximum absolute atomic E-state index is 5.41. The fourth-order valence-corrected chi connectivity index (χ4v) is 1.79. The summed E-state index contributed by atoms with van der Waals surface area (Å²) in [4.78, 5) is 4.20. The van der Waals surface area contributed by atoms with Gasteiger partial charge >= 0.3 is 0 Å². The molecule has 1 rings (SSSR count). The lowest BCUT2D eigenvalue weighted by atomic mass is 10.2. The molecule has 1 aromatic carbocycles. The van der Waals surface area contributed by atoms with Crippen LogP contribution in [-0.2, 0) is 6.54 Å². The third-order valence-corrected chi connectivity index (χ3v) is 2.83. The molecule has 0 aliphatic carbocycles. The van der Waals surface area contributed by atoms with Crippen LogP contribution in [0.2, 0.25) is 0 Å². The van der Waals surface area contributed by atoms with Gasteiger partial charge < -0.3 is 20.1 Å². The van der Waals surface area contributed by atoms with Crippen molar-refractivity contribution in [3.05, 3.63) is 23.8 Å². The van der Waals surface area contributed by atoms with E-state index in [1.807, 2.05) is 18.2 Å². The number of aliphatic imine (C=N–C) groups is 1. The highest BCUT2D eigenvalue weighted by molar-refractivity contribution is 5.79. The molecule has 0 unspecified atom stereocenters. The van der Waals surface area contributed by atoms with Gasteiger partial charge in [0, 0.05) is 25.7 Å². The Labute approximate surface area is 121 Å². The second kappa shape index (κ2) is 8.30. The molecule has 0 fully saturated rings. The SMILES string of the molecule is CN=C(NCc1cccc(OC)c1OC)NCC(C)C. The van der Waals surface area contributed by atoms with E-state index >= 15 is 0 Å². The normalized spacial score (nSPS) is 11.4. The van der Waals surface area contributed by atoms with Gasteiger partial charge in [0.15, 0.2) is 17.5 Å². The minimum absolute atomic E-state index is 0.569. The highest BCUT2D eigenvalue weighted by Gasteiger charge is 2.09. The highest BCUT2D eigenvalue weighted by atomic mass is 16.5. The standard InChI is InChI=1S/C15H25N3O2/c1-11(2)9-17-15(16-3)18-10-12-7-6-8-13(19-4)14(12)20-5/h6-8,11H,9-10H2,1-5H3,(H2,16,17,18). The first kappa shape index (κ1) is 16.1. The summed E-state index contributed by atoms with van der Waals surface area (Å²) in [6, 6.07) is 5.83. The van der Waals surface area contributed by atoms with Crippen LogP contribution in [0.4, 0.5) is 0 Å². The molecule has 0 heterocycles. The quantitative estimate of drug-likeness (QED) is 0.618. The van der Waals surface area contributed by atoms with Gasteiger partial charge in [-0.1, -0.05) is 26.0 Å². The number of rotatable bonds is 6. The van der Waals surface area contributed by atoms with Crippen LogP contribution in [0, 0.1) is 5.92 Å². The zero-order chi connectivity index (χ0) is 15.0. The van der Waals surface area contributed by atoms with E-state index in [0.29, 0.717) is 12.5 Å². The van der Waals surface area contributed by atoms with Crippen molar-refractivity contribution < 1.29 is 9.47 Å². The summed E-state index contributed by atoms with van der Waals surface area (Å²) in [7, 11) is 5.05. The van der Waals surface area contributed by atoms with Gasteiger partial charge in [0.1, 0.15) is 0 Å². The predicted molar refractivity (Wildman–Crippen MR) is 82.6 cm³/mol. The molecule has 0 aliphatic heterocycles. The molecule has 0 aliphatic rings. The van der Waals surface area contributed by atoms with E-state index in [2.05, 4.69) is 29.5 Å². The average Bonchev–Trinajstić information content (AvgIpc) is 2.46. The third kappa shape index (κ3) is 4.64. The van der Waals surface area contributed by atoms with Crippen LogP contribution >= 0.6 is 0 Å². The number of para-hydroxylation sites is 1. The van der Waals surface area contributed by atoms with Crippen LogP contribution < -0.4 is 20.1 Å². The van der Waals surface area contributed by atoms with E-state index in [-0.39, 0.29) is 0 Å². The molecule has 5 nitrogen and oxygen atoms in total. The monoisotopic (exact) mass is 279 g/mol. The first-order chi connectivity index (χ1) is 9.62. The highest BCUT2D eigenvalue weighted by Crippen LogP contribution is 2.30. The summed E-state index contributed by atoms with van der Waals surface area (Å²) in [5, 5.41) is 6.54. The van der Waals surface area contributed by atoms with E-state index < -0.39 is 0 Å². The third-order valence-electron chi connectivity index (χ3n) is 2.83. The molecule has 0 saturated heterocycles. The van der Waals surface area contributed by atoms with E-state index in [0.717, 1.165) is 29.6 Å². The Morgan fingerprint density at radius 1 is 1.20 bits per heavy atom. The molecule has 112 valence electrons. The molecular weight excluding hydrogens is 254 g/mol. The van der Waals surface area contributed by atoms with Crippen molar-refractivity contribution in [1.29, 1.82) is 0 Å². The Morgan fingerprint density at radius 3 is 2.50 bits per heavy atom. The van der Waals surface area contributed by atoms with Crippen molar-refractivity contribution in [3.63, 3.8) is 0 Å². The first-order valence-electron chi connectivity index (χ1n) is 6.76. The Hall–Kier alpha value is -1.91. The fraction of sp³-hybridized carbons (Fsp3) is 0.533. The molecule has 0 spiro atoms. The second-order valence-electron chi connectivity index (χ2n) is 4.85. The number of nitrogens with one attached hydrogen (secondary N) is 2. The number of methoxy groups -OCH3 is 2. The summed E-state index contributed by atoms with van der Waals surface area (Å²) in [5.74, 6) is 2.84. The summed E-state index contributed by atoms with van der Waals surface area (Å²) >= 11 is 0. The number of hydrogen-bond donors (Lipinski definition) is 2. The molecule has 0 aromatic heterocycles. The topological polar surface area (TPSA) is 54.9 Å². The summed E-state index contributed by atoms with van der Waals surface area (Å²) in [5.41, 5.74) is 1.03. The van der Waals surface area contributed by atoms with Gasteiger partial charge in [0.2, 0.25) is 0 Å². The smallest absolute Gasteiger partial charge is 0.191 e. The van der Waals surface area contributed by atoms with Gasteiger partial charge in [-0.05, 0) is 12.0 Å². The van der Waals surface area contributed by atoms with Crippen molar-refractivity contribution in [2.75, 3.05) is 27.8 Å². The first-order valence-corrected chi connectivity index (χ1v) is 6.76. The maximum Gasteiger partial charge on any atom is 0.191 e. The van der Waals surface area contributed by atoms with Crippen LogP contribution in [0.15, 0.2) is 23.2 Å². The fourth-order valence-electron chi connectivity index (χ4n) is 1.79. The molecular formula is C15H25N3O2. The van der Waals surface area contributed by atoms with Gasteiger partial charge in [-0.2, -0.15) is 0 Å². The molecule has 0 radical (unpaired) electrons. The van der Waals surface area contributed by atoms with Crippen molar-refractivity contribution >= 4 is 5.96 Å². The largest absolute Gasteiger partial charge is 0.493 e. The minimum Gasteiger partial charge on any atom is -0.493 e. The number of hydrogen-bond acceptors (Lipinski definition) is 3. The molecule has 2 N–H and O–H groups in total. The van der Waals surface area contributed by atoms with Crippen LogP contribution in [0.1, 0.15) is 19.4 Å². The minimum atomic E-state index is 0.569. The Balaban J connectivity index is 2.69. The molecule has 0 amide bonds. The van der Waals surface area contributed by atoms with E-state index in [9.17, 15) is 0 Å². The van der Waals surface area contributed by atoms with Crippen LogP contribution in [0.5, 0.6) is 11.5 Å². The Morgan fingerprint density at radius 2 is 1.95 bits per heavy atom. The van der Waals surface area contributed by atoms with Crippen molar-refractivity contribution in [2.24, 2.45) is 10.9 Å². The number of ether oxygens (including phenoxy) is 2. The summed E-state index contributed by atoms with van der Waals surface area (Å²) in [6.07, 6.45) is 0. The van der Waals surface area contributed by atoms with Gasteiger partial charge in [0.25, 0.3) is 0 Å². The molecule has 1 aromatic rings. The number of guanidine groups is 1. The molecule has 20 heavy (non-hydrogen) atoms. The summed E-state index contributed by atoms with van der Waals surface area (Å²) < 4.78 is 10.7. The van der Waals surface area contributed by atoms with Gasteiger partial charge in [-0.3, -0.25) is 4.99 Å². The Bertz CT molecular complexity index is 445. The molecule has 0 bridgehead atoms. The predicted octanol–water partition coefficient (Wildman–Crippen LogP) is 2.02. The van der Waals surface area contributed by atoms with Gasteiger partial charge in [0.05, 0.1) is 14.2 Å². The van der Waals surface area contributed by atoms with E-state index in [4.69, 9.17) is 9.47 Å². The lowest BCUT2D eigenvalue weighted by molar-refractivity contribution is 0.351. The molecule has 5 heteroatoms. The summed E-state index contributed by atoms with van der Waals surface area (Å²) in [6.45, 7) is 5.82. The number of nitrogens with zero attached hydrogens (tertiary/aromatic N) is 1. The second-order valence-corrected chi connectivity index (χ2v) is 4.85. The van der Waals surface area contributed by atoms with Gasteiger partial charge in [-0.25, -0.2) is 0 Å². The zero-order valence-corrected chi connectivity index (χ0v) is 13.0. The van der Waals surface area contributed by atoms with Crippen LogP contribution in [-0.4, -0.2) is 33.8 Å². The lowest BCUT2D eigenvalue weighted by Crippen LogP contribution is -2.38. The van der Waals surface area contributed by atoms with Crippen LogP contribution in [0.3, 0.4) is 0 Å². The van der Waals surface area contributed by atoms with Gasteiger partial charge in [-0.15, -0.1) is 0 Å². The average molecular weight is 279 g/mol. The van der Waals surface area contributed by atoms with E-state index in [1.54, 1.807) is 21.3 Å². The van der Waals surface area contributed by atoms with E-state index in [1.165, 1.54) is 0 Å². The molecule has 0 saturated carbocycles. The maximum atomic E-state index is 5.41. The lowest BCUT2D eigenvalue weighted by Gasteiger charge is -2.16.